The number of benzene rings is 1. The van der Waals surface area contributed by atoms with Crippen molar-refractivity contribution in [2.45, 2.75) is 39.8 Å². The van der Waals surface area contributed by atoms with Crippen molar-refractivity contribution in [1.29, 1.82) is 0 Å². The maximum atomic E-state index is 5.37. The van der Waals surface area contributed by atoms with Crippen molar-refractivity contribution in [2.75, 3.05) is 19.5 Å². The predicted octanol–water partition coefficient (Wildman–Crippen LogP) is 2.88. The molecular formula is C15H25N3O2. The smallest absolute Gasteiger partial charge is 0.196 e. The van der Waals surface area contributed by atoms with Crippen LogP contribution in [0, 0.1) is 0 Å². The molecule has 0 spiro atoms. The molecule has 0 saturated heterocycles. The molecule has 1 rings (SSSR count). The Labute approximate surface area is 121 Å². The summed E-state index contributed by atoms with van der Waals surface area (Å²) in [7, 11) is 3.27. The summed E-state index contributed by atoms with van der Waals surface area (Å²) in [6.07, 6.45) is 0. The molecule has 0 aromatic heterocycles. The van der Waals surface area contributed by atoms with Crippen molar-refractivity contribution in [3.8, 4) is 11.5 Å². The van der Waals surface area contributed by atoms with E-state index in [-0.39, 0.29) is 6.04 Å². The normalized spacial score (nSPS) is 11.7. The SMILES string of the molecule is COc1ccc(NC(=NC(C)C)NC(C)C)c(OC)c1. The van der Waals surface area contributed by atoms with E-state index in [1.807, 2.05) is 32.0 Å². The summed E-state index contributed by atoms with van der Waals surface area (Å²) in [6.45, 7) is 8.22. The van der Waals surface area contributed by atoms with Gasteiger partial charge in [0.1, 0.15) is 11.5 Å². The van der Waals surface area contributed by atoms with Crippen LogP contribution in [-0.2, 0) is 0 Å². The number of anilines is 1. The molecule has 0 aliphatic rings. The lowest BCUT2D eigenvalue weighted by Crippen LogP contribution is -2.36. The van der Waals surface area contributed by atoms with E-state index in [0.29, 0.717) is 11.8 Å². The fraction of sp³-hybridized carbons (Fsp3) is 0.533. The van der Waals surface area contributed by atoms with Gasteiger partial charge in [-0.25, -0.2) is 0 Å². The molecule has 0 aliphatic carbocycles. The molecule has 1 aromatic rings. The van der Waals surface area contributed by atoms with Crippen LogP contribution in [0.2, 0.25) is 0 Å². The van der Waals surface area contributed by atoms with Gasteiger partial charge in [-0.2, -0.15) is 0 Å². The van der Waals surface area contributed by atoms with Crippen LogP contribution in [0.15, 0.2) is 23.2 Å². The van der Waals surface area contributed by atoms with E-state index in [2.05, 4.69) is 29.5 Å². The van der Waals surface area contributed by atoms with Gasteiger partial charge in [0.2, 0.25) is 0 Å². The van der Waals surface area contributed by atoms with Gasteiger partial charge in [-0.3, -0.25) is 4.99 Å². The van der Waals surface area contributed by atoms with E-state index >= 15 is 0 Å². The Hall–Kier alpha value is -1.91. The Morgan fingerprint density at radius 1 is 1.10 bits per heavy atom. The van der Waals surface area contributed by atoms with Gasteiger partial charge >= 0.3 is 0 Å². The van der Waals surface area contributed by atoms with Gasteiger partial charge in [-0.15, -0.1) is 0 Å². The molecule has 0 bridgehead atoms. The van der Waals surface area contributed by atoms with E-state index < -0.39 is 0 Å². The zero-order valence-electron chi connectivity index (χ0n) is 13.2. The molecule has 5 heteroatoms. The molecule has 0 heterocycles. The minimum atomic E-state index is 0.202. The maximum absolute atomic E-state index is 5.37. The minimum Gasteiger partial charge on any atom is -0.497 e. The number of guanidine groups is 1. The number of nitrogens with zero attached hydrogens (tertiary/aromatic N) is 1. The maximum Gasteiger partial charge on any atom is 0.196 e. The van der Waals surface area contributed by atoms with Gasteiger partial charge in [-0.1, -0.05) is 0 Å². The lowest BCUT2D eigenvalue weighted by molar-refractivity contribution is 0.395. The highest BCUT2D eigenvalue weighted by Gasteiger charge is 2.09. The Morgan fingerprint density at radius 2 is 1.80 bits per heavy atom. The van der Waals surface area contributed by atoms with Gasteiger partial charge in [0.25, 0.3) is 0 Å². The fourth-order valence-corrected chi connectivity index (χ4v) is 1.67. The first kappa shape index (κ1) is 16.1. The van der Waals surface area contributed by atoms with Crippen LogP contribution in [0.3, 0.4) is 0 Å². The molecule has 0 atom stereocenters. The Morgan fingerprint density at radius 3 is 2.30 bits per heavy atom. The van der Waals surface area contributed by atoms with Crippen molar-refractivity contribution >= 4 is 11.6 Å². The highest BCUT2D eigenvalue weighted by molar-refractivity contribution is 5.95. The fourth-order valence-electron chi connectivity index (χ4n) is 1.67. The molecule has 0 amide bonds. The van der Waals surface area contributed by atoms with Crippen molar-refractivity contribution in [1.82, 2.24) is 5.32 Å². The average Bonchev–Trinajstić information content (AvgIpc) is 2.37. The van der Waals surface area contributed by atoms with Crippen LogP contribution >= 0.6 is 0 Å². The zero-order valence-corrected chi connectivity index (χ0v) is 13.2. The number of hydrogen-bond donors (Lipinski definition) is 2. The summed E-state index contributed by atoms with van der Waals surface area (Å²) < 4.78 is 10.6. The molecule has 112 valence electrons. The van der Waals surface area contributed by atoms with Gasteiger partial charge in [0, 0.05) is 18.2 Å². The van der Waals surface area contributed by atoms with E-state index in [1.165, 1.54) is 0 Å². The lowest BCUT2D eigenvalue weighted by atomic mass is 10.2. The molecule has 0 unspecified atom stereocenters. The number of ether oxygens (including phenoxy) is 2. The van der Waals surface area contributed by atoms with E-state index in [1.54, 1.807) is 14.2 Å². The minimum absolute atomic E-state index is 0.202. The van der Waals surface area contributed by atoms with Gasteiger partial charge in [0.15, 0.2) is 5.96 Å². The van der Waals surface area contributed by atoms with Gasteiger partial charge < -0.3 is 20.1 Å². The third-order valence-electron chi connectivity index (χ3n) is 2.47. The Bertz CT molecular complexity index is 456. The summed E-state index contributed by atoms with van der Waals surface area (Å²) in [5.74, 6) is 2.20. The van der Waals surface area contributed by atoms with Crippen LogP contribution in [0.5, 0.6) is 11.5 Å². The molecule has 2 N–H and O–H groups in total. The molecule has 0 saturated carbocycles. The number of nitrogens with one attached hydrogen (secondary N) is 2. The monoisotopic (exact) mass is 279 g/mol. The molecule has 20 heavy (non-hydrogen) atoms. The molecular weight excluding hydrogens is 254 g/mol. The van der Waals surface area contributed by atoms with Crippen LogP contribution in [0.4, 0.5) is 5.69 Å². The first-order valence-corrected chi connectivity index (χ1v) is 6.79. The molecule has 0 radical (unpaired) electrons. The quantitative estimate of drug-likeness (QED) is 0.643. The van der Waals surface area contributed by atoms with Crippen LogP contribution in [0.25, 0.3) is 0 Å². The summed E-state index contributed by atoms with van der Waals surface area (Å²) in [5, 5.41) is 6.56. The van der Waals surface area contributed by atoms with Gasteiger partial charge in [-0.05, 0) is 39.8 Å². The number of hydrogen-bond acceptors (Lipinski definition) is 3. The summed E-state index contributed by atoms with van der Waals surface area (Å²) >= 11 is 0. The topological polar surface area (TPSA) is 54.9 Å². The average molecular weight is 279 g/mol. The second-order valence-electron chi connectivity index (χ2n) is 5.06. The van der Waals surface area contributed by atoms with Crippen LogP contribution in [-0.4, -0.2) is 32.3 Å². The standard InChI is InChI=1S/C15H25N3O2/c1-10(2)16-15(17-11(3)4)18-13-8-7-12(19-5)9-14(13)20-6/h7-11H,1-6H3,(H2,16,17,18). The first-order valence-electron chi connectivity index (χ1n) is 6.79. The second kappa shape index (κ2) is 7.62. The third-order valence-corrected chi connectivity index (χ3v) is 2.47. The molecule has 1 aromatic carbocycles. The van der Waals surface area contributed by atoms with Crippen LogP contribution in [0.1, 0.15) is 27.7 Å². The lowest BCUT2D eigenvalue weighted by Gasteiger charge is -2.18. The number of aliphatic imine (C=N–C) groups is 1. The van der Waals surface area contributed by atoms with Crippen molar-refractivity contribution < 1.29 is 9.47 Å². The van der Waals surface area contributed by atoms with Crippen LogP contribution < -0.4 is 20.1 Å². The molecule has 5 nitrogen and oxygen atoms in total. The summed E-state index contributed by atoms with van der Waals surface area (Å²) in [6, 6.07) is 6.13. The molecule has 0 aliphatic heterocycles. The highest BCUT2D eigenvalue weighted by atomic mass is 16.5. The molecule has 0 fully saturated rings. The van der Waals surface area contributed by atoms with Crippen molar-refractivity contribution in [3.05, 3.63) is 18.2 Å². The Balaban J connectivity index is 2.98. The number of methoxy groups -OCH3 is 2. The Kier molecular flexibility index (Phi) is 6.15. The van der Waals surface area contributed by atoms with Crippen molar-refractivity contribution in [3.63, 3.8) is 0 Å². The first-order chi connectivity index (χ1) is 9.46. The van der Waals surface area contributed by atoms with E-state index in [9.17, 15) is 0 Å². The van der Waals surface area contributed by atoms with Crippen molar-refractivity contribution in [2.24, 2.45) is 4.99 Å². The number of rotatable bonds is 5. The summed E-state index contributed by atoms with van der Waals surface area (Å²) in [4.78, 5) is 4.54. The largest absolute Gasteiger partial charge is 0.497 e. The third kappa shape index (κ3) is 4.99. The highest BCUT2D eigenvalue weighted by Crippen LogP contribution is 2.28. The van der Waals surface area contributed by atoms with E-state index in [0.717, 1.165) is 17.4 Å². The second-order valence-corrected chi connectivity index (χ2v) is 5.06. The van der Waals surface area contributed by atoms with Gasteiger partial charge in [0.05, 0.1) is 19.9 Å². The summed E-state index contributed by atoms with van der Waals surface area (Å²) in [5.41, 5.74) is 0.848. The predicted molar refractivity (Wildman–Crippen MR) is 84.0 cm³/mol. The van der Waals surface area contributed by atoms with E-state index in [4.69, 9.17) is 9.47 Å². The zero-order chi connectivity index (χ0) is 15.1.